The molecule has 10 heteroatoms. The summed E-state index contributed by atoms with van der Waals surface area (Å²) >= 11 is 18.1. The van der Waals surface area contributed by atoms with Crippen LogP contribution in [0.3, 0.4) is 0 Å². The average Bonchev–Trinajstić information content (AvgIpc) is 3.05. The van der Waals surface area contributed by atoms with E-state index in [9.17, 15) is 14.4 Å². The van der Waals surface area contributed by atoms with E-state index in [1.807, 2.05) is 13.8 Å². The van der Waals surface area contributed by atoms with Gasteiger partial charge in [-0.2, -0.15) is 0 Å². The van der Waals surface area contributed by atoms with Crippen LogP contribution >= 0.6 is 34.8 Å². The third kappa shape index (κ3) is 5.50. The Kier molecular flexibility index (Phi) is 7.10. The van der Waals surface area contributed by atoms with Gasteiger partial charge in [0.05, 0.1) is 16.2 Å². The highest BCUT2D eigenvalue weighted by molar-refractivity contribution is 6.38. The third-order valence-corrected chi connectivity index (χ3v) is 5.05. The molecule has 0 aliphatic carbocycles. The molecule has 0 unspecified atom stereocenters. The van der Waals surface area contributed by atoms with Gasteiger partial charge in [-0.3, -0.25) is 19.8 Å². The second-order valence-electron chi connectivity index (χ2n) is 7.19. The lowest BCUT2D eigenvalue weighted by atomic mass is 10.2. The summed E-state index contributed by atoms with van der Waals surface area (Å²) in [6.07, 6.45) is 0. The number of fused-ring (bicyclic) bond motifs is 1. The summed E-state index contributed by atoms with van der Waals surface area (Å²) in [5.41, 5.74) is 3.38. The minimum absolute atomic E-state index is 0.0771. The quantitative estimate of drug-likeness (QED) is 0.461. The zero-order valence-corrected chi connectivity index (χ0v) is 18.9. The van der Waals surface area contributed by atoms with E-state index < -0.39 is 17.7 Å². The highest BCUT2D eigenvalue weighted by atomic mass is 35.5. The Labute approximate surface area is 193 Å². The molecule has 2 aromatic carbocycles. The molecule has 162 valence electrons. The van der Waals surface area contributed by atoms with E-state index in [0.29, 0.717) is 33.2 Å². The van der Waals surface area contributed by atoms with Gasteiger partial charge in [0.15, 0.2) is 0 Å². The van der Waals surface area contributed by atoms with E-state index in [2.05, 4.69) is 16.1 Å². The third-order valence-electron chi connectivity index (χ3n) is 4.27. The zero-order valence-electron chi connectivity index (χ0n) is 16.6. The fourth-order valence-electron chi connectivity index (χ4n) is 2.78. The van der Waals surface area contributed by atoms with Crippen molar-refractivity contribution in [2.45, 2.75) is 13.8 Å². The second kappa shape index (κ2) is 9.60. The summed E-state index contributed by atoms with van der Waals surface area (Å²) < 4.78 is 1.24. The van der Waals surface area contributed by atoms with Crippen LogP contribution in [0.1, 0.15) is 24.3 Å². The van der Waals surface area contributed by atoms with Crippen molar-refractivity contribution in [2.75, 3.05) is 17.3 Å². The molecule has 0 aliphatic heterocycles. The smallest absolute Gasteiger partial charge is 0.328 e. The Morgan fingerprint density at radius 1 is 0.935 bits per heavy atom. The maximum absolute atomic E-state index is 13.0. The molecule has 1 aromatic heterocycles. The first-order valence-electron chi connectivity index (χ1n) is 9.32. The summed E-state index contributed by atoms with van der Waals surface area (Å²) in [4.78, 5) is 37.5. The molecule has 0 aliphatic rings. The number of benzene rings is 2. The molecule has 3 N–H and O–H groups in total. The number of nitrogens with one attached hydrogen (secondary N) is 3. The van der Waals surface area contributed by atoms with Gasteiger partial charge in [0.25, 0.3) is 5.91 Å². The van der Waals surface area contributed by atoms with Crippen LogP contribution in [0.25, 0.3) is 10.9 Å². The lowest BCUT2D eigenvalue weighted by molar-refractivity contribution is -0.136. The SMILES string of the molecule is CC(C)CNC(=O)C(=O)Nn1c(C(=O)Nc2ccc(Cl)cc2Cl)cc2cc(Cl)ccc21. The van der Waals surface area contributed by atoms with Gasteiger partial charge >= 0.3 is 11.8 Å². The molecule has 0 atom stereocenters. The summed E-state index contributed by atoms with van der Waals surface area (Å²) in [6.45, 7) is 4.16. The van der Waals surface area contributed by atoms with Gasteiger partial charge in [-0.05, 0) is 48.4 Å². The summed E-state index contributed by atoms with van der Waals surface area (Å²) in [7, 11) is 0. The Morgan fingerprint density at radius 3 is 2.29 bits per heavy atom. The van der Waals surface area contributed by atoms with E-state index in [-0.39, 0.29) is 16.6 Å². The minimum Gasteiger partial charge on any atom is -0.348 e. The number of amides is 3. The van der Waals surface area contributed by atoms with Crippen molar-refractivity contribution in [2.24, 2.45) is 5.92 Å². The van der Waals surface area contributed by atoms with Crippen molar-refractivity contribution in [1.29, 1.82) is 0 Å². The van der Waals surface area contributed by atoms with Crippen molar-refractivity contribution >= 4 is 69.1 Å². The first-order chi connectivity index (χ1) is 14.7. The molecular weight excluding hydrogens is 463 g/mol. The number of rotatable bonds is 5. The van der Waals surface area contributed by atoms with Gasteiger partial charge in [-0.25, -0.2) is 4.68 Å². The summed E-state index contributed by atoms with van der Waals surface area (Å²) in [6, 6.07) is 11.1. The zero-order chi connectivity index (χ0) is 22.7. The topological polar surface area (TPSA) is 92.2 Å². The predicted molar refractivity (Wildman–Crippen MR) is 124 cm³/mol. The number of aromatic nitrogens is 1. The molecule has 3 rings (SSSR count). The lowest BCUT2D eigenvalue weighted by Gasteiger charge is -2.13. The van der Waals surface area contributed by atoms with Crippen LogP contribution in [0.15, 0.2) is 42.5 Å². The van der Waals surface area contributed by atoms with Crippen LogP contribution in [0, 0.1) is 5.92 Å². The Hall–Kier alpha value is -2.74. The van der Waals surface area contributed by atoms with E-state index in [1.54, 1.807) is 36.4 Å². The van der Waals surface area contributed by atoms with Gasteiger partial charge in [0, 0.05) is 22.0 Å². The second-order valence-corrected chi connectivity index (χ2v) is 8.47. The number of anilines is 1. The van der Waals surface area contributed by atoms with Crippen LogP contribution in [-0.2, 0) is 9.59 Å². The average molecular weight is 482 g/mol. The van der Waals surface area contributed by atoms with Gasteiger partial charge in [-0.1, -0.05) is 48.7 Å². The highest BCUT2D eigenvalue weighted by Gasteiger charge is 2.21. The van der Waals surface area contributed by atoms with Crippen LogP contribution in [0.2, 0.25) is 15.1 Å². The molecule has 0 radical (unpaired) electrons. The standard InChI is InChI=1S/C21H19Cl3N4O3/c1-11(2)10-25-20(30)21(31)27-28-17-6-4-13(22)7-12(17)8-18(28)19(29)26-16-5-3-14(23)9-15(16)24/h3-9,11H,10H2,1-2H3,(H,25,30)(H,26,29)(H,27,31). The van der Waals surface area contributed by atoms with Crippen LogP contribution in [0.4, 0.5) is 5.69 Å². The Morgan fingerprint density at radius 2 is 1.61 bits per heavy atom. The molecular formula is C21H19Cl3N4O3. The van der Waals surface area contributed by atoms with Crippen molar-refractivity contribution in [3.8, 4) is 0 Å². The molecule has 0 spiro atoms. The lowest BCUT2D eigenvalue weighted by Crippen LogP contribution is -2.41. The number of halogens is 3. The highest BCUT2D eigenvalue weighted by Crippen LogP contribution is 2.27. The number of carbonyl (C=O) groups excluding carboxylic acids is 3. The first-order valence-corrected chi connectivity index (χ1v) is 10.5. The number of hydrogen-bond donors (Lipinski definition) is 3. The van der Waals surface area contributed by atoms with Gasteiger partial charge in [0.1, 0.15) is 5.69 Å². The molecule has 0 saturated carbocycles. The van der Waals surface area contributed by atoms with Crippen molar-refractivity contribution < 1.29 is 14.4 Å². The molecule has 0 bridgehead atoms. The minimum atomic E-state index is -0.910. The predicted octanol–water partition coefficient (Wildman–Crippen LogP) is 4.70. The summed E-state index contributed by atoms with van der Waals surface area (Å²) in [5, 5.41) is 6.95. The fourth-order valence-corrected chi connectivity index (χ4v) is 3.42. The van der Waals surface area contributed by atoms with E-state index >= 15 is 0 Å². The molecule has 31 heavy (non-hydrogen) atoms. The Balaban J connectivity index is 1.94. The number of nitrogens with zero attached hydrogens (tertiary/aromatic N) is 1. The van der Waals surface area contributed by atoms with E-state index in [0.717, 1.165) is 0 Å². The van der Waals surface area contributed by atoms with Crippen molar-refractivity contribution in [1.82, 2.24) is 9.99 Å². The normalized spacial score (nSPS) is 10.9. The summed E-state index contributed by atoms with van der Waals surface area (Å²) in [5.74, 6) is -2.10. The molecule has 0 saturated heterocycles. The number of hydrogen-bond acceptors (Lipinski definition) is 3. The van der Waals surface area contributed by atoms with Gasteiger partial charge in [-0.15, -0.1) is 0 Å². The van der Waals surface area contributed by atoms with Gasteiger partial charge in [0.2, 0.25) is 0 Å². The van der Waals surface area contributed by atoms with Crippen LogP contribution in [0.5, 0.6) is 0 Å². The van der Waals surface area contributed by atoms with Gasteiger partial charge < -0.3 is 10.6 Å². The van der Waals surface area contributed by atoms with E-state index in [1.165, 1.54) is 10.7 Å². The Bertz CT molecular complexity index is 1170. The maximum Gasteiger partial charge on any atom is 0.328 e. The van der Waals surface area contributed by atoms with E-state index in [4.69, 9.17) is 34.8 Å². The number of carbonyl (C=O) groups is 3. The van der Waals surface area contributed by atoms with Crippen LogP contribution in [-0.4, -0.2) is 28.9 Å². The first kappa shape index (κ1) is 22.9. The molecule has 3 aromatic rings. The molecule has 3 amide bonds. The molecule has 1 heterocycles. The van der Waals surface area contributed by atoms with Crippen molar-refractivity contribution in [3.63, 3.8) is 0 Å². The molecule has 7 nitrogen and oxygen atoms in total. The van der Waals surface area contributed by atoms with Crippen LogP contribution < -0.4 is 16.1 Å². The maximum atomic E-state index is 13.0. The fraction of sp³-hybridized carbons (Fsp3) is 0.190. The molecule has 0 fully saturated rings. The van der Waals surface area contributed by atoms with Crippen molar-refractivity contribution in [3.05, 3.63) is 63.2 Å². The largest absolute Gasteiger partial charge is 0.348 e. The monoisotopic (exact) mass is 480 g/mol.